The molecule has 0 fully saturated rings. The Morgan fingerprint density at radius 2 is 1.88 bits per heavy atom. The molecule has 0 saturated carbocycles. The van der Waals surface area contributed by atoms with E-state index < -0.39 is 0 Å². The summed E-state index contributed by atoms with van der Waals surface area (Å²) in [6.07, 6.45) is 1.80. The highest BCUT2D eigenvalue weighted by Gasteiger charge is 2.13. The van der Waals surface area contributed by atoms with Gasteiger partial charge in [-0.25, -0.2) is 4.98 Å². The number of pyridine rings is 1. The van der Waals surface area contributed by atoms with E-state index >= 15 is 0 Å². The molecule has 3 nitrogen and oxygen atoms in total. The van der Waals surface area contributed by atoms with E-state index in [1.165, 1.54) is 0 Å². The number of halogens is 1. The van der Waals surface area contributed by atoms with E-state index in [9.17, 15) is 0 Å². The van der Waals surface area contributed by atoms with Gasteiger partial charge < -0.3 is 4.74 Å². The lowest BCUT2D eigenvalue weighted by atomic mass is 10.1. The molecule has 0 radical (unpaired) electrons. The van der Waals surface area contributed by atoms with Crippen LogP contribution in [-0.4, -0.2) is 17.1 Å². The minimum Gasteiger partial charge on any atom is -0.497 e. The van der Waals surface area contributed by atoms with Crippen LogP contribution >= 0.6 is 22.9 Å². The molecular formula is C19H13ClN2OS. The second-order valence-electron chi connectivity index (χ2n) is 5.26. The number of fused-ring (bicyclic) bond motifs is 1. The van der Waals surface area contributed by atoms with E-state index in [0.717, 1.165) is 42.8 Å². The quantitative estimate of drug-likeness (QED) is 0.475. The van der Waals surface area contributed by atoms with Crippen LogP contribution in [0, 0.1) is 0 Å². The summed E-state index contributed by atoms with van der Waals surface area (Å²) < 4.78 is 6.30. The van der Waals surface area contributed by atoms with Gasteiger partial charge >= 0.3 is 0 Å². The van der Waals surface area contributed by atoms with Crippen molar-refractivity contribution < 1.29 is 4.74 Å². The molecule has 2 heterocycles. The molecule has 0 N–H and O–H groups in total. The largest absolute Gasteiger partial charge is 0.497 e. The summed E-state index contributed by atoms with van der Waals surface area (Å²) in [6.45, 7) is 0. The molecule has 0 aliphatic carbocycles. The molecule has 0 aliphatic rings. The SMILES string of the molecule is COc1ccc(-c2ncccc2-c2nc3ccc(Cl)cc3s2)cc1. The molecule has 24 heavy (non-hydrogen) atoms. The van der Waals surface area contributed by atoms with E-state index in [2.05, 4.69) is 4.98 Å². The maximum absolute atomic E-state index is 6.08. The third-order valence-corrected chi connectivity index (χ3v) is 5.04. The van der Waals surface area contributed by atoms with Crippen molar-refractivity contribution in [3.05, 3.63) is 65.8 Å². The van der Waals surface area contributed by atoms with E-state index in [4.69, 9.17) is 21.3 Å². The van der Waals surface area contributed by atoms with Gasteiger partial charge in [0.2, 0.25) is 0 Å². The lowest BCUT2D eigenvalue weighted by Gasteiger charge is -2.07. The van der Waals surface area contributed by atoms with Crippen molar-refractivity contribution in [3.8, 4) is 27.6 Å². The van der Waals surface area contributed by atoms with Crippen molar-refractivity contribution in [2.45, 2.75) is 0 Å². The molecule has 0 unspecified atom stereocenters. The number of methoxy groups -OCH3 is 1. The number of hydrogen-bond donors (Lipinski definition) is 0. The Morgan fingerprint density at radius 3 is 2.67 bits per heavy atom. The summed E-state index contributed by atoms with van der Waals surface area (Å²) >= 11 is 7.71. The van der Waals surface area contributed by atoms with Gasteiger partial charge in [0.05, 0.1) is 23.0 Å². The lowest BCUT2D eigenvalue weighted by molar-refractivity contribution is 0.415. The summed E-state index contributed by atoms with van der Waals surface area (Å²) in [5.41, 5.74) is 3.90. The highest BCUT2D eigenvalue weighted by atomic mass is 35.5. The molecule has 2 aromatic carbocycles. The average molecular weight is 353 g/mol. The summed E-state index contributed by atoms with van der Waals surface area (Å²) in [6, 6.07) is 17.6. The Balaban J connectivity index is 1.85. The molecule has 5 heteroatoms. The Hall–Kier alpha value is -2.43. The Labute approximate surface area is 148 Å². The fourth-order valence-corrected chi connectivity index (χ4v) is 3.84. The second-order valence-corrected chi connectivity index (χ2v) is 6.73. The molecule has 0 amide bonds. The molecule has 0 saturated heterocycles. The normalized spacial score (nSPS) is 10.9. The monoisotopic (exact) mass is 352 g/mol. The van der Waals surface area contributed by atoms with Crippen LogP contribution in [0.25, 0.3) is 32.0 Å². The molecule has 0 spiro atoms. The van der Waals surface area contributed by atoms with Crippen LogP contribution in [0.2, 0.25) is 5.02 Å². The van der Waals surface area contributed by atoms with E-state index in [0.29, 0.717) is 0 Å². The first-order chi connectivity index (χ1) is 11.7. The molecule has 0 bridgehead atoms. The first kappa shape index (κ1) is 15.1. The zero-order valence-corrected chi connectivity index (χ0v) is 14.4. The number of benzene rings is 2. The van der Waals surface area contributed by atoms with E-state index in [1.54, 1.807) is 24.6 Å². The lowest BCUT2D eigenvalue weighted by Crippen LogP contribution is -1.89. The van der Waals surface area contributed by atoms with Crippen molar-refractivity contribution in [3.63, 3.8) is 0 Å². The first-order valence-electron chi connectivity index (χ1n) is 7.40. The third kappa shape index (κ3) is 2.75. The van der Waals surface area contributed by atoms with Gasteiger partial charge in [0.1, 0.15) is 10.8 Å². The second kappa shape index (κ2) is 6.23. The van der Waals surface area contributed by atoms with Crippen LogP contribution in [-0.2, 0) is 0 Å². The first-order valence-corrected chi connectivity index (χ1v) is 8.60. The van der Waals surface area contributed by atoms with Crippen molar-refractivity contribution in [1.29, 1.82) is 0 Å². The number of ether oxygens (including phenoxy) is 1. The van der Waals surface area contributed by atoms with Gasteiger partial charge in [0.25, 0.3) is 0 Å². The zero-order chi connectivity index (χ0) is 16.5. The minimum absolute atomic E-state index is 0.722. The molecule has 0 aliphatic heterocycles. The number of thiazole rings is 1. The van der Waals surface area contributed by atoms with Gasteiger partial charge in [-0.2, -0.15) is 0 Å². The molecule has 2 aromatic heterocycles. The predicted octanol–water partition coefficient (Wildman–Crippen LogP) is 5.69. The maximum atomic E-state index is 6.08. The van der Waals surface area contributed by atoms with Gasteiger partial charge in [-0.3, -0.25) is 4.98 Å². The van der Waals surface area contributed by atoms with Crippen LogP contribution in [0.3, 0.4) is 0 Å². The topological polar surface area (TPSA) is 35.0 Å². The Bertz CT molecular complexity index is 1010. The molecule has 4 rings (SSSR count). The highest BCUT2D eigenvalue weighted by molar-refractivity contribution is 7.21. The van der Waals surface area contributed by atoms with Crippen molar-refractivity contribution in [1.82, 2.24) is 9.97 Å². The molecule has 4 aromatic rings. The smallest absolute Gasteiger partial charge is 0.126 e. The van der Waals surface area contributed by atoms with Crippen molar-refractivity contribution >= 4 is 33.2 Å². The highest BCUT2D eigenvalue weighted by Crippen LogP contribution is 2.36. The molecule has 0 atom stereocenters. The Kier molecular flexibility index (Phi) is 3.92. The molecular weight excluding hydrogens is 340 g/mol. The minimum atomic E-state index is 0.722. The summed E-state index contributed by atoms with van der Waals surface area (Å²) in [7, 11) is 1.66. The average Bonchev–Trinajstić information content (AvgIpc) is 3.05. The van der Waals surface area contributed by atoms with E-state index in [1.807, 2.05) is 54.6 Å². The van der Waals surface area contributed by atoms with Crippen molar-refractivity contribution in [2.24, 2.45) is 0 Å². The fourth-order valence-electron chi connectivity index (χ4n) is 2.57. The number of aromatic nitrogens is 2. The van der Waals surface area contributed by atoms with Gasteiger partial charge in [0, 0.05) is 22.3 Å². The van der Waals surface area contributed by atoms with Crippen LogP contribution in [0.15, 0.2) is 60.8 Å². The van der Waals surface area contributed by atoms with Gasteiger partial charge in [-0.15, -0.1) is 11.3 Å². The van der Waals surface area contributed by atoms with Crippen molar-refractivity contribution in [2.75, 3.05) is 7.11 Å². The summed E-state index contributed by atoms with van der Waals surface area (Å²) in [5, 5.41) is 1.66. The van der Waals surface area contributed by atoms with E-state index in [-0.39, 0.29) is 0 Å². The Morgan fingerprint density at radius 1 is 1.04 bits per heavy atom. The zero-order valence-electron chi connectivity index (χ0n) is 12.9. The standard InChI is InChI=1S/C19H13ClN2OS/c1-23-14-7-4-12(5-8-14)18-15(3-2-10-21-18)19-22-16-9-6-13(20)11-17(16)24-19/h2-11H,1H3. The number of nitrogens with zero attached hydrogens (tertiary/aromatic N) is 2. The fraction of sp³-hybridized carbons (Fsp3) is 0.0526. The number of rotatable bonds is 3. The van der Waals surface area contributed by atoms with Gasteiger partial charge in [-0.05, 0) is 54.6 Å². The van der Waals surface area contributed by atoms with Crippen LogP contribution in [0.1, 0.15) is 0 Å². The predicted molar refractivity (Wildman–Crippen MR) is 99.8 cm³/mol. The maximum Gasteiger partial charge on any atom is 0.126 e. The van der Waals surface area contributed by atoms with Crippen LogP contribution in [0.5, 0.6) is 5.75 Å². The van der Waals surface area contributed by atoms with Crippen LogP contribution < -0.4 is 4.74 Å². The van der Waals surface area contributed by atoms with Crippen LogP contribution in [0.4, 0.5) is 0 Å². The van der Waals surface area contributed by atoms with Gasteiger partial charge in [0.15, 0.2) is 0 Å². The van der Waals surface area contributed by atoms with Gasteiger partial charge in [-0.1, -0.05) is 11.6 Å². The number of hydrogen-bond acceptors (Lipinski definition) is 4. The summed E-state index contributed by atoms with van der Waals surface area (Å²) in [5.74, 6) is 0.825. The summed E-state index contributed by atoms with van der Waals surface area (Å²) in [4.78, 5) is 9.31. The third-order valence-electron chi connectivity index (χ3n) is 3.75. The molecule has 118 valence electrons.